The van der Waals surface area contributed by atoms with Crippen LogP contribution in [0.2, 0.25) is 0 Å². The first-order valence-electron chi connectivity index (χ1n) is 11.4. The first-order chi connectivity index (χ1) is 14.2. The second-order valence-corrected chi connectivity index (χ2v) is 9.78. The summed E-state index contributed by atoms with van der Waals surface area (Å²) in [5.74, 6) is 4.92. The molecule has 0 saturated heterocycles. The molecule has 1 heterocycles. The van der Waals surface area contributed by atoms with Gasteiger partial charge in [-0.15, -0.1) is 0 Å². The highest BCUT2D eigenvalue weighted by Crippen LogP contribution is 2.60. The van der Waals surface area contributed by atoms with Gasteiger partial charge in [0.1, 0.15) is 5.76 Å². The van der Waals surface area contributed by atoms with Crippen molar-refractivity contribution < 1.29 is 9.15 Å². The van der Waals surface area contributed by atoms with Crippen molar-refractivity contribution in [3.8, 4) is 0 Å². The lowest BCUT2D eigenvalue weighted by Crippen LogP contribution is -2.48. The number of nitrogens with one attached hydrogen (secondary N) is 1. The van der Waals surface area contributed by atoms with Gasteiger partial charge in [0.25, 0.3) is 6.01 Å². The Hall–Kier alpha value is -2.23. The molecule has 4 bridgehead atoms. The number of nitrogens with zero attached hydrogens (tertiary/aromatic N) is 1. The van der Waals surface area contributed by atoms with E-state index in [0.717, 1.165) is 47.8 Å². The van der Waals surface area contributed by atoms with E-state index in [9.17, 15) is 0 Å². The highest BCUT2D eigenvalue weighted by atomic mass is 16.5. The van der Waals surface area contributed by atoms with E-state index in [1.807, 2.05) is 13.1 Å². The maximum absolute atomic E-state index is 6.37. The number of fused-ring (bicyclic) bond motifs is 1. The van der Waals surface area contributed by atoms with Crippen LogP contribution in [0.25, 0.3) is 0 Å². The minimum Gasteiger partial charge on any atom is -0.498 e. The molecular formula is C25H30N2O2. The summed E-state index contributed by atoms with van der Waals surface area (Å²) in [6.45, 7) is 2.75. The topological polar surface area (TPSA) is 47.3 Å². The molecule has 1 aromatic heterocycles. The van der Waals surface area contributed by atoms with Gasteiger partial charge in [-0.1, -0.05) is 12.1 Å². The summed E-state index contributed by atoms with van der Waals surface area (Å²) >= 11 is 0. The van der Waals surface area contributed by atoms with E-state index >= 15 is 0 Å². The summed E-state index contributed by atoms with van der Waals surface area (Å²) in [6, 6.07) is 7.08. The van der Waals surface area contributed by atoms with Crippen molar-refractivity contribution >= 4 is 11.7 Å². The second-order valence-electron chi connectivity index (χ2n) is 9.78. The highest BCUT2D eigenvalue weighted by Gasteiger charge is 2.53. The standard InChI is InChI=1S/C25H30N2O2/c1-2-28-20-7-6-19-4-3-5-22(21(19)11-20)27-24-26-15-23(29-24)25-12-16-8-17(13-25)10-18(9-16)14-25/h3-5,7,15-18H,2,6,8-14H2,1H3,(H,26,27). The van der Waals surface area contributed by atoms with Gasteiger partial charge in [-0.25, -0.2) is 4.98 Å². The van der Waals surface area contributed by atoms with Crippen LogP contribution < -0.4 is 5.32 Å². The molecule has 4 heteroatoms. The minimum absolute atomic E-state index is 0.253. The van der Waals surface area contributed by atoms with Crippen molar-refractivity contribution in [2.45, 2.75) is 63.7 Å². The number of rotatable bonds is 5. The average molecular weight is 391 g/mol. The van der Waals surface area contributed by atoms with Crippen molar-refractivity contribution in [2.24, 2.45) is 17.8 Å². The molecule has 7 rings (SSSR count). The smallest absolute Gasteiger partial charge is 0.299 e. The zero-order chi connectivity index (χ0) is 19.4. The molecule has 2 aromatic rings. The average Bonchev–Trinajstić information content (AvgIpc) is 3.17. The van der Waals surface area contributed by atoms with E-state index in [2.05, 4.69) is 34.6 Å². The molecule has 0 amide bonds. The molecule has 0 aliphatic heterocycles. The fraction of sp³-hybridized carbons (Fsp3) is 0.560. The Kier molecular flexibility index (Phi) is 4.04. The second kappa shape index (κ2) is 6.65. The molecule has 1 aromatic carbocycles. The molecule has 1 N–H and O–H groups in total. The fourth-order valence-electron chi connectivity index (χ4n) is 7.02. The summed E-state index contributed by atoms with van der Waals surface area (Å²) in [5, 5.41) is 3.49. The lowest BCUT2D eigenvalue weighted by molar-refractivity contribution is -0.0148. The Morgan fingerprint density at radius 2 is 1.90 bits per heavy atom. The Bertz CT molecular complexity index is 922. The minimum atomic E-state index is 0.253. The SMILES string of the molecule is CCOC1=CCc2cccc(Nc3ncc(C45CC6CC(CC(C6)C4)C5)o3)c2C1. The normalized spacial score (nSPS) is 32.0. The van der Waals surface area contributed by atoms with E-state index < -0.39 is 0 Å². The Balaban J connectivity index is 1.25. The third-order valence-corrected chi connectivity index (χ3v) is 7.81. The molecule has 0 unspecified atom stereocenters. The largest absolute Gasteiger partial charge is 0.498 e. The summed E-state index contributed by atoms with van der Waals surface area (Å²) in [5.41, 5.74) is 3.99. The summed E-state index contributed by atoms with van der Waals surface area (Å²) in [6.07, 6.45) is 14.2. The Morgan fingerprint density at radius 3 is 2.62 bits per heavy atom. The van der Waals surface area contributed by atoms with E-state index in [1.54, 1.807) is 0 Å². The molecule has 4 fully saturated rings. The quantitative estimate of drug-likeness (QED) is 0.690. The van der Waals surface area contributed by atoms with Crippen LogP contribution >= 0.6 is 0 Å². The van der Waals surface area contributed by atoms with Gasteiger partial charge in [0.05, 0.1) is 18.6 Å². The number of anilines is 2. The van der Waals surface area contributed by atoms with Gasteiger partial charge in [0, 0.05) is 17.5 Å². The van der Waals surface area contributed by atoms with Crippen molar-refractivity contribution in [3.05, 3.63) is 53.1 Å². The number of oxazole rings is 1. The molecule has 5 aliphatic rings. The molecule has 0 radical (unpaired) electrons. The monoisotopic (exact) mass is 390 g/mol. The number of aromatic nitrogens is 1. The van der Waals surface area contributed by atoms with Crippen molar-refractivity contribution in [1.82, 2.24) is 4.98 Å². The number of hydrogen-bond acceptors (Lipinski definition) is 4. The van der Waals surface area contributed by atoms with Crippen LogP contribution in [0, 0.1) is 17.8 Å². The lowest BCUT2D eigenvalue weighted by atomic mass is 9.49. The summed E-state index contributed by atoms with van der Waals surface area (Å²) < 4.78 is 12.2. The fourth-order valence-corrected chi connectivity index (χ4v) is 7.02. The number of ether oxygens (including phenoxy) is 1. The van der Waals surface area contributed by atoms with Crippen LogP contribution in [0.4, 0.5) is 11.7 Å². The molecule has 29 heavy (non-hydrogen) atoms. The maximum atomic E-state index is 6.37. The van der Waals surface area contributed by atoms with Crippen LogP contribution in [-0.4, -0.2) is 11.6 Å². The summed E-state index contributed by atoms with van der Waals surface area (Å²) in [4.78, 5) is 4.65. The Morgan fingerprint density at radius 1 is 1.14 bits per heavy atom. The first-order valence-corrected chi connectivity index (χ1v) is 11.4. The van der Waals surface area contributed by atoms with Gasteiger partial charge in [-0.3, -0.25) is 0 Å². The van der Waals surface area contributed by atoms with Crippen molar-refractivity contribution in [2.75, 3.05) is 11.9 Å². The number of hydrogen-bond donors (Lipinski definition) is 1. The predicted octanol–water partition coefficient (Wildman–Crippen LogP) is 5.91. The van der Waals surface area contributed by atoms with Gasteiger partial charge < -0.3 is 14.5 Å². The maximum Gasteiger partial charge on any atom is 0.299 e. The van der Waals surface area contributed by atoms with Gasteiger partial charge in [0.15, 0.2) is 0 Å². The van der Waals surface area contributed by atoms with Crippen LogP contribution in [0.3, 0.4) is 0 Å². The van der Waals surface area contributed by atoms with E-state index in [0.29, 0.717) is 12.6 Å². The molecule has 4 nitrogen and oxygen atoms in total. The molecule has 0 atom stereocenters. The molecular weight excluding hydrogens is 360 g/mol. The van der Waals surface area contributed by atoms with Crippen LogP contribution in [0.15, 0.2) is 40.6 Å². The van der Waals surface area contributed by atoms with E-state index in [-0.39, 0.29) is 5.41 Å². The number of allylic oxidation sites excluding steroid dienone is 2. The molecule has 152 valence electrons. The van der Waals surface area contributed by atoms with Crippen LogP contribution in [0.1, 0.15) is 62.3 Å². The first kappa shape index (κ1) is 17.6. The van der Waals surface area contributed by atoms with Gasteiger partial charge >= 0.3 is 0 Å². The van der Waals surface area contributed by atoms with Crippen LogP contribution in [0.5, 0.6) is 0 Å². The van der Waals surface area contributed by atoms with Gasteiger partial charge in [-0.2, -0.15) is 0 Å². The molecule has 5 aliphatic carbocycles. The molecule has 0 spiro atoms. The Labute approximate surface area is 172 Å². The van der Waals surface area contributed by atoms with E-state index in [1.165, 1.54) is 49.7 Å². The lowest BCUT2D eigenvalue weighted by Gasteiger charge is -2.55. The van der Waals surface area contributed by atoms with Gasteiger partial charge in [0.2, 0.25) is 0 Å². The van der Waals surface area contributed by atoms with Crippen molar-refractivity contribution in [1.29, 1.82) is 0 Å². The zero-order valence-corrected chi connectivity index (χ0v) is 17.2. The zero-order valence-electron chi connectivity index (χ0n) is 17.2. The third kappa shape index (κ3) is 2.99. The van der Waals surface area contributed by atoms with Gasteiger partial charge in [-0.05, 0) is 92.9 Å². The van der Waals surface area contributed by atoms with E-state index in [4.69, 9.17) is 9.15 Å². The molecule has 4 saturated carbocycles. The third-order valence-electron chi connectivity index (χ3n) is 7.81. The predicted molar refractivity (Wildman–Crippen MR) is 113 cm³/mol. The highest BCUT2D eigenvalue weighted by molar-refractivity contribution is 5.62. The number of benzene rings is 1. The van der Waals surface area contributed by atoms with Crippen molar-refractivity contribution in [3.63, 3.8) is 0 Å². The van der Waals surface area contributed by atoms with Crippen LogP contribution in [-0.2, 0) is 23.0 Å². The summed E-state index contributed by atoms with van der Waals surface area (Å²) in [7, 11) is 0.